The van der Waals surface area contributed by atoms with E-state index in [-0.39, 0.29) is 35.6 Å². The van der Waals surface area contributed by atoms with Crippen LogP contribution in [-0.2, 0) is 35.1 Å². The topological polar surface area (TPSA) is 0 Å². The second kappa shape index (κ2) is 18.9. The van der Waals surface area contributed by atoms with Gasteiger partial charge in [-0.3, -0.25) is 6.08 Å². The summed E-state index contributed by atoms with van der Waals surface area (Å²) in [5.41, 5.74) is 7.27. The summed E-state index contributed by atoms with van der Waals surface area (Å²) < 4.78 is 1.26. The molecule has 5 heteroatoms. The van der Waals surface area contributed by atoms with Gasteiger partial charge in [-0.15, -0.1) is 39.7 Å². The van der Waals surface area contributed by atoms with E-state index in [1.807, 2.05) is 36.4 Å². The molecule has 51 heavy (non-hydrogen) atoms. The maximum atomic E-state index is 5.98. The van der Waals surface area contributed by atoms with Crippen molar-refractivity contribution in [1.29, 1.82) is 0 Å². The zero-order valence-electron chi connectivity index (χ0n) is 31.8. The van der Waals surface area contributed by atoms with Crippen molar-refractivity contribution in [3.8, 4) is 0 Å². The summed E-state index contributed by atoms with van der Waals surface area (Å²) in [4.78, 5) is 0. The second-order valence-electron chi connectivity index (χ2n) is 16.2. The van der Waals surface area contributed by atoms with E-state index in [9.17, 15) is 0 Å². The van der Waals surface area contributed by atoms with Gasteiger partial charge in [0.05, 0.1) is 0 Å². The Kier molecular flexibility index (Phi) is 16.8. The fourth-order valence-corrected chi connectivity index (χ4v) is 6.98. The maximum Gasteiger partial charge on any atom is -1.00 e. The van der Waals surface area contributed by atoms with E-state index in [1.165, 1.54) is 78.5 Å². The van der Waals surface area contributed by atoms with Gasteiger partial charge in [0.2, 0.25) is 0 Å². The van der Waals surface area contributed by atoms with Crippen molar-refractivity contribution in [3.05, 3.63) is 147 Å². The number of hydrogen-bond acceptors (Lipinski definition) is 0. The first-order chi connectivity index (χ1) is 22.9. The molecule has 1 unspecified atom stereocenters. The number of allylic oxidation sites excluding steroid dienone is 4. The van der Waals surface area contributed by atoms with Gasteiger partial charge in [-0.25, -0.2) is 6.08 Å². The molecule has 0 heterocycles. The van der Waals surface area contributed by atoms with Gasteiger partial charge in [0.25, 0.3) is 0 Å². The molecule has 0 N–H and O–H groups in total. The summed E-state index contributed by atoms with van der Waals surface area (Å²) in [6.07, 6.45) is 10.4. The van der Waals surface area contributed by atoms with Crippen LogP contribution in [0.5, 0.6) is 0 Å². The SMILES string of the molecule is CC(C)(C)c1ccc2[cH-]c3ccc(C(C)(C)C)cc3c2c1.CCCC1[C-]=CC(C(C)(C)C)=C1.Clc1cccc([C](=[Zr+2])c2cccc(Cl)c2)c1.[Cl-].[Cl-]. The molecule has 1 aliphatic rings. The smallest absolute Gasteiger partial charge is 1.00 e. The molecule has 0 spiro atoms. The number of hydrogen-bond donors (Lipinski definition) is 0. The van der Waals surface area contributed by atoms with Gasteiger partial charge in [0, 0.05) is 0 Å². The van der Waals surface area contributed by atoms with E-state index in [4.69, 9.17) is 23.2 Å². The van der Waals surface area contributed by atoms with Crippen LogP contribution in [0.3, 0.4) is 0 Å². The van der Waals surface area contributed by atoms with Gasteiger partial charge in [-0.2, -0.15) is 11.6 Å². The van der Waals surface area contributed by atoms with Crippen LogP contribution in [0.15, 0.2) is 109 Å². The van der Waals surface area contributed by atoms with Crippen LogP contribution in [0.2, 0.25) is 10.0 Å². The summed E-state index contributed by atoms with van der Waals surface area (Å²) in [6, 6.07) is 31.9. The molecule has 1 aliphatic carbocycles. The largest absolute Gasteiger partial charge is 1.00 e. The minimum atomic E-state index is 0. The van der Waals surface area contributed by atoms with E-state index in [2.05, 4.69) is 142 Å². The van der Waals surface area contributed by atoms with Crippen LogP contribution in [0.25, 0.3) is 21.5 Å². The Balaban J connectivity index is 0.000000270. The molecular formula is C46H52Cl4Zr-2. The molecule has 0 saturated carbocycles. The van der Waals surface area contributed by atoms with Crippen LogP contribution in [0.1, 0.15) is 104 Å². The third kappa shape index (κ3) is 12.6. The Morgan fingerprint density at radius 1 is 0.667 bits per heavy atom. The Bertz CT molecular complexity index is 1860. The van der Waals surface area contributed by atoms with Gasteiger partial charge >= 0.3 is 120 Å². The van der Waals surface area contributed by atoms with Crippen molar-refractivity contribution < 1.29 is 49.0 Å². The summed E-state index contributed by atoms with van der Waals surface area (Å²) in [6.45, 7) is 22.7. The Hall–Kier alpha value is -1.86. The number of rotatable bonds is 4. The molecule has 270 valence electrons. The molecule has 0 aromatic heterocycles. The van der Waals surface area contributed by atoms with Crippen molar-refractivity contribution in [3.63, 3.8) is 0 Å². The minimum Gasteiger partial charge on any atom is -1.00 e. The number of halogens is 4. The monoisotopic (exact) mass is 834 g/mol. The molecule has 5 aromatic rings. The Labute approximate surface area is 345 Å². The number of benzene rings is 4. The Morgan fingerprint density at radius 3 is 1.47 bits per heavy atom. The van der Waals surface area contributed by atoms with Crippen LogP contribution in [-0.4, -0.2) is 3.21 Å². The first-order valence-corrected chi connectivity index (χ1v) is 19.4. The van der Waals surface area contributed by atoms with Crippen LogP contribution in [0, 0.1) is 17.4 Å². The van der Waals surface area contributed by atoms with Gasteiger partial charge < -0.3 is 24.8 Å². The van der Waals surface area contributed by atoms with Gasteiger partial charge in [0.1, 0.15) is 0 Å². The van der Waals surface area contributed by atoms with Crippen molar-refractivity contribution >= 4 is 48.0 Å². The molecule has 0 nitrogen and oxygen atoms in total. The summed E-state index contributed by atoms with van der Waals surface area (Å²) >= 11 is 13.3. The molecule has 5 aromatic carbocycles. The van der Waals surface area contributed by atoms with Gasteiger partial charge in [0.15, 0.2) is 0 Å². The maximum absolute atomic E-state index is 5.98. The average Bonchev–Trinajstić information content (AvgIpc) is 3.65. The molecule has 1 atom stereocenters. The van der Waals surface area contributed by atoms with E-state index in [1.54, 1.807) is 0 Å². The fraction of sp³-hybridized carbons (Fsp3) is 0.348. The van der Waals surface area contributed by atoms with Gasteiger partial charge in [-0.1, -0.05) is 129 Å². The van der Waals surface area contributed by atoms with Crippen LogP contribution < -0.4 is 24.8 Å². The second-order valence-corrected chi connectivity index (χ2v) is 18.3. The van der Waals surface area contributed by atoms with Gasteiger partial charge in [-0.05, 0) is 10.8 Å². The molecule has 0 radical (unpaired) electrons. The third-order valence-corrected chi connectivity index (χ3v) is 10.9. The first-order valence-electron chi connectivity index (χ1n) is 17.4. The van der Waals surface area contributed by atoms with E-state index in [0.29, 0.717) is 11.3 Å². The molecule has 0 saturated heterocycles. The molecule has 0 aliphatic heterocycles. The minimum absolute atomic E-state index is 0. The van der Waals surface area contributed by atoms with Crippen LogP contribution in [0.4, 0.5) is 0 Å². The van der Waals surface area contributed by atoms with E-state index in [0.717, 1.165) is 21.2 Å². The van der Waals surface area contributed by atoms with Crippen molar-refractivity contribution in [1.82, 2.24) is 0 Å². The summed E-state index contributed by atoms with van der Waals surface area (Å²) in [7, 11) is 0. The third-order valence-electron chi connectivity index (χ3n) is 8.97. The van der Waals surface area contributed by atoms with Crippen molar-refractivity contribution in [2.75, 3.05) is 0 Å². The Morgan fingerprint density at radius 2 is 1.12 bits per heavy atom. The predicted molar refractivity (Wildman–Crippen MR) is 214 cm³/mol. The molecule has 0 bridgehead atoms. The first kappa shape index (κ1) is 45.3. The van der Waals surface area contributed by atoms with Crippen molar-refractivity contribution in [2.45, 2.75) is 92.9 Å². The van der Waals surface area contributed by atoms with E-state index >= 15 is 0 Å². The van der Waals surface area contributed by atoms with Crippen LogP contribution >= 0.6 is 23.2 Å². The van der Waals surface area contributed by atoms with Crippen molar-refractivity contribution in [2.24, 2.45) is 11.3 Å². The zero-order chi connectivity index (χ0) is 36.1. The molecule has 6 rings (SSSR count). The predicted octanol–water partition coefficient (Wildman–Crippen LogP) is 8.17. The fourth-order valence-electron chi connectivity index (χ4n) is 5.84. The number of fused-ring (bicyclic) bond motifs is 3. The quantitative estimate of drug-likeness (QED) is 0.161. The standard InChI is InChI=1S/C21H25.C13H8Cl2.C12H19.2ClH.Zr/c1-20(2,3)16-9-7-14-11-15-8-10-17(21(4,5)6)13-19(15)18(14)12-16;14-12-5-1-3-10(8-12)7-11-4-2-6-13(15)9-11;1-5-6-10-7-8-11(9-10)12(2,3)4;;;/h7-13H,1-6H3;1-6,8-9H;8-10H,5-6H2,1-4H3;2*1H;/q-1;;-1;;;+2/p-2. The normalized spacial score (nSPS) is 14.1. The molecule has 0 fully saturated rings. The average molecular weight is 838 g/mol. The van der Waals surface area contributed by atoms with E-state index < -0.39 is 0 Å². The summed E-state index contributed by atoms with van der Waals surface area (Å²) in [5.74, 6) is 0.587. The molecule has 0 amide bonds. The zero-order valence-corrected chi connectivity index (χ0v) is 37.3. The summed E-state index contributed by atoms with van der Waals surface area (Å²) in [5, 5.41) is 7.01. The molecular weight excluding hydrogens is 786 g/mol.